The first-order valence-electron chi connectivity index (χ1n) is 10.3. The molecule has 4 aromatic rings. The zero-order chi connectivity index (χ0) is 23.5. The van der Waals surface area contributed by atoms with E-state index >= 15 is 0 Å². The van der Waals surface area contributed by atoms with Gasteiger partial charge in [0.1, 0.15) is 11.3 Å². The Balaban J connectivity index is 1.68. The minimum absolute atomic E-state index is 0.201. The molecule has 2 amide bonds. The summed E-state index contributed by atoms with van der Waals surface area (Å²) < 4.78 is 12.2. The first-order chi connectivity index (χ1) is 15.9. The van der Waals surface area contributed by atoms with Crippen LogP contribution in [-0.2, 0) is 11.3 Å². The molecule has 0 spiro atoms. The van der Waals surface area contributed by atoms with Crippen molar-refractivity contribution in [2.75, 3.05) is 10.6 Å². The third-order valence-corrected chi connectivity index (χ3v) is 5.03. The molecule has 10 heteroatoms. The Labute approximate surface area is 194 Å². The molecule has 170 valence electrons. The number of aromatic nitrogens is 3. The van der Waals surface area contributed by atoms with Gasteiger partial charge in [-0.05, 0) is 57.2 Å². The molecule has 0 bridgehead atoms. The molecule has 0 radical (unpaired) electrons. The number of fused-ring (bicyclic) bond motifs is 1. The van der Waals surface area contributed by atoms with Gasteiger partial charge in [0.15, 0.2) is 11.4 Å². The highest BCUT2D eigenvalue weighted by atomic mass is 35.5. The van der Waals surface area contributed by atoms with Gasteiger partial charge >= 0.3 is 6.09 Å². The number of carbonyl (C=O) groups excluding carboxylic acids is 2. The van der Waals surface area contributed by atoms with Crippen LogP contribution in [0.15, 0.2) is 53.3 Å². The smallest absolute Gasteiger partial charge is 0.411 e. The van der Waals surface area contributed by atoms with Gasteiger partial charge in [0.25, 0.3) is 5.91 Å². The highest BCUT2D eigenvalue weighted by Crippen LogP contribution is 2.33. The summed E-state index contributed by atoms with van der Waals surface area (Å²) in [6, 6.07) is 10.1. The molecule has 9 nitrogen and oxygen atoms in total. The van der Waals surface area contributed by atoms with E-state index in [2.05, 4.69) is 15.6 Å². The number of nitrogens with one attached hydrogen (secondary N) is 2. The SMILES string of the molecule is CCn1c(-c2cc(NC(=O)c3ccco3)ccc2Cl)nc2cc(NC(=O)OC(C)C)cnc21. The molecule has 0 aliphatic carbocycles. The molecule has 33 heavy (non-hydrogen) atoms. The number of furan rings is 1. The van der Waals surface area contributed by atoms with Gasteiger partial charge in [0, 0.05) is 17.8 Å². The van der Waals surface area contributed by atoms with Crippen LogP contribution in [-0.4, -0.2) is 32.6 Å². The van der Waals surface area contributed by atoms with E-state index in [1.807, 2.05) is 11.5 Å². The van der Waals surface area contributed by atoms with Crippen LogP contribution in [0.4, 0.5) is 16.2 Å². The Morgan fingerprint density at radius 1 is 1.18 bits per heavy atom. The number of aryl methyl sites for hydroxylation is 1. The number of rotatable bonds is 6. The van der Waals surface area contributed by atoms with Crippen LogP contribution in [0.2, 0.25) is 5.02 Å². The van der Waals surface area contributed by atoms with Crippen LogP contribution in [0.25, 0.3) is 22.6 Å². The fourth-order valence-corrected chi connectivity index (χ4v) is 3.52. The second kappa shape index (κ2) is 9.33. The number of hydrogen-bond donors (Lipinski definition) is 2. The second-order valence-electron chi connectivity index (χ2n) is 7.45. The Kier molecular flexibility index (Phi) is 6.32. The van der Waals surface area contributed by atoms with Crippen molar-refractivity contribution in [2.45, 2.75) is 33.4 Å². The monoisotopic (exact) mass is 467 g/mol. The number of pyridine rings is 1. The second-order valence-corrected chi connectivity index (χ2v) is 7.86. The molecule has 0 atom stereocenters. The first kappa shape index (κ1) is 22.3. The Hall–Kier alpha value is -3.85. The number of nitrogens with zero attached hydrogens (tertiary/aromatic N) is 3. The molecule has 0 unspecified atom stereocenters. The topological polar surface area (TPSA) is 111 Å². The van der Waals surface area contributed by atoms with Crippen molar-refractivity contribution in [1.29, 1.82) is 0 Å². The summed E-state index contributed by atoms with van der Waals surface area (Å²) in [4.78, 5) is 33.4. The number of carbonyl (C=O) groups is 2. The van der Waals surface area contributed by atoms with Crippen molar-refractivity contribution in [3.8, 4) is 11.4 Å². The minimum atomic E-state index is -0.565. The fraction of sp³-hybridized carbons (Fsp3) is 0.217. The molecule has 2 N–H and O–H groups in total. The Morgan fingerprint density at radius 2 is 2.00 bits per heavy atom. The molecule has 4 rings (SSSR count). The van der Waals surface area contributed by atoms with Gasteiger partial charge in [-0.3, -0.25) is 10.1 Å². The van der Waals surface area contributed by atoms with Crippen LogP contribution < -0.4 is 10.6 Å². The maximum atomic E-state index is 12.4. The summed E-state index contributed by atoms with van der Waals surface area (Å²) in [6.07, 6.45) is 2.17. The third-order valence-electron chi connectivity index (χ3n) is 4.70. The number of ether oxygens (including phenoxy) is 1. The molecule has 0 aliphatic rings. The lowest BCUT2D eigenvalue weighted by atomic mass is 10.1. The lowest BCUT2D eigenvalue weighted by Gasteiger charge is -2.10. The number of halogens is 1. The quantitative estimate of drug-likeness (QED) is 0.383. The highest BCUT2D eigenvalue weighted by molar-refractivity contribution is 6.33. The van der Waals surface area contributed by atoms with Gasteiger partial charge in [0.05, 0.1) is 29.3 Å². The molecule has 0 saturated carbocycles. The van der Waals surface area contributed by atoms with E-state index in [0.717, 1.165) is 0 Å². The van der Waals surface area contributed by atoms with Crippen molar-refractivity contribution in [3.63, 3.8) is 0 Å². The van der Waals surface area contributed by atoms with Crippen molar-refractivity contribution >= 4 is 46.1 Å². The van der Waals surface area contributed by atoms with E-state index < -0.39 is 6.09 Å². The lowest BCUT2D eigenvalue weighted by molar-refractivity contribution is 0.0996. The molecule has 3 heterocycles. The number of amides is 2. The van der Waals surface area contributed by atoms with Gasteiger partial charge in [-0.25, -0.2) is 14.8 Å². The van der Waals surface area contributed by atoms with Crippen LogP contribution in [0.1, 0.15) is 31.3 Å². The maximum Gasteiger partial charge on any atom is 0.411 e. The predicted molar refractivity (Wildman–Crippen MR) is 126 cm³/mol. The van der Waals surface area contributed by atoms with Gasteiger partial charge in [-0.15, -0.1) is 0 Å². The van der Waals surface area contributed by atoms with E-state index in [9.17, 15) is 9.59 Å². The van der Waals surface area contributed by atoms with Crippen molar-refractivity contribution < 1.29 is 18.7 Å². The number of imidazole rings is 1. The first-order valence-corrected chi connectivity index (χ1v) is 10.7. The normalized spacial score (nSPS) is 11.1. The highest BCUT2D eigenvalue weighted by Gasteiger charge is 2.18. The van der Waals surface area contributed by atoms with Crippen LogP contribution in [0.3, 0.4) is 0 Å². The lowest BCUT2D eigenvalue weighted by Crippen LogP contribution is -2.18. The van der Waals surface area contributed by atoms with Crippen LogP contribution >= 0.6 is 11.6 Å². The Bertz CT molecular complexity index is 1310. The van der Waals surface area contributed by atoms with Gasteiger partial charge in [-0.2, -0.15) is 0 Å². The van der Waals surface area contributed by atoms with Crippen molar-refractivity contribution in [2.24, 2.45) is 0 Å². The van der Waals surface area contributed by atoms with Gasteiger partial charge in [-0.1, -0.05) is 11.6 Å². The van der Waals surface area contributed by atoms with Crippen molar-refractivity contribution in [1.82, 2.24) is 14.5 Å². The average molecular weight is 468 g/mol. The summed E-state index contributed by atoms with van der Waals surface area (Å²) in [7, 11) is 0. The van der Waals surface area contributed by atoms with E-state index in [1.54, 1.807) is 56.4 Å². The number of hydrogen-bond acceptors (Lipinski definition) is 6. The number of anilines is 2. The molecule has 1 aromatic carbocycles. The zero-order valence-corrected chi connectivity index (χ0v) is 19.0. The maximum absolute atomic E-state index is 12.4. The molecule has 0 fully saturated rings. The average Bonchev–Trinajstić information content (AvgIpc) is 3.42. The summed E-state index contributed by atoms with van der Waals surface area (Å²) in [5, 5.41) is 5.91. The van der Waals surface area contributed by atoms with E-state index in [4.69, 9.17) is 25.7 Å². The van der Waals surface area contributed by atoms with Gasteiger partial charge in [0.2, 0.25) is 0 Å². The Morgan fingerprint density at radius 3 is 2.70 bits per heavy atom. The van der Waals surface area contributed by atoms with Gasteiger partial charge < -0.3 is 19.0 Å². The predicted octanol–water partition coefficient (Wildman–Crippen LogP) is 5.57. The number of benzene rings is 1. The summed E-state index contributed by atoms with van der Waals surface area (Å²) in [5.74, 6) is 0.413. The summed E-state index contributed by atoms with van der Waals surface area (Å²) in [5.41, 5.74) is 2.84. The molecule has 0 aliphatic heterocycles. The molecular weight excluding hydrogens is 446 g/mol. The summed E-state index contributed by atoms with van der Waals surface area (Å²) in [6.45, 7) is 6.09. The standard InChI is InChI=1S/C23H22ClN5O4/c1-4-29-20(28-18-11-15(12-25-21(18)29)27-23(31)33-13(2)3)16-10-14(7-8-17(16)24)26-22(30)19-6-5-9-32-19/h5-13H,4H2,1-3H3,(H,26,30)(H,27,31). The van der Waals surface area contributed by atoms with Crippen LogP contribution in [0, 0.1) is 0 Å². The largest absolute Gasteiger partial charge is 0.459 e. The van der Waals surface area contributed by atoms with E-state index in [1.165, 1.54) is 6.26 Å². The fourth-order valence-electron chi connectivity index (χ4n) is 3.32. The summed E-state index contributed by atoms with van der Waals surface area (Å²) >= 11 is 6.49. The molecule has 3 aromatic heterocycles. The zero-order valence-electron chi connectivity index (χ0n) is 18.3. The van der Waals surface area contributed by atoms with E-state index in [-0.39, 0.29) is 17.8 Å². The third kappa shape index (κ3) is 4.83. The molecular formula is C23H22ClN5O4. The minimum Gasteiger partial charge on any atom is -0.459 e. The van der Waals surface area contributed by atoms with Crippen LogP contribution in [0.5, 0.6) is 0 Å². The van der Waals surface area contributed by atoms with E-state index in [0.29, 0.717) is 45.5 Å². The van der Waals surface area contributed by atoms with Crippen molar-refractivity contribution in [3.05, 3.63) is 59.6 Å². The molecule has 0 saturated heterocycles.